The van der Waals surface area contributed by atoms with Crippen LogP contribution in [-0.2, 0) is 9.59 Å². The Bertz CT molecular complexity index is 1180. The van der Waals surface area contributed by atoms with Crippen LogP contribution in [0.25, 0.3) is 11.1 Å². The van der Waals surface area contributed by atoms with E-state index in [2.05, 4.69) is 16.0 Å². The zero-order chi connectivity index (χ0) is 25.2. The third kappa shape index (κ3) is 4.63. The Kier molecular flexibility index (Phi) is 6.82. The second-order valence-corrected chi connectivity index (χ2v) is 9.58. The maximum Gasteiger partial charge on any atom is 0.256 e. The highest BCUT2D eigenvalue weighted by molar-refractivity contribution is 6.10. The van der Waals surface area contributed by atoms with Crippen molar-refractivity contribution >= 4 is 23.4 Å². The first-order valence-electron chi connectivity index (χ1n) is 12.5. The minimum absolute atomic E-state index is 0.00601. The number of anilines is 1. The lowest BCUT2D eigenvalue weighted by atomic mass is 9.93. The molecule has 0 aliphatic carbocycles. The Morgan fingerprint density at radius 2 is 1.81 bits per heavy atom. The topological polar surface area (TPSA) is 109 Å². The maximum atomic E-state index is 13.6. The minimum Gasteiger partial charge on any atom is -0.497 e. The van der Waals surface area contributed by atoms with E-state index in [1.807, 2.05) is 18.2 Å². The van der Waals surface area contributed by atoms with Crippen LogP contribution < -0.4 is 25.4 Å². The summed E-state index contributed by atoms with van der Waals surface area (Å²) in [5.74, 6) is 0.945. The number of piperidine rings is 2. The Labute approximate surface area is 210 Å². The van der Waals surface area contributed by atoms with Gasteiger partial charge >= 0.3 is 0 Å². The number of rotatable bonds is 5. The third-order valence-electron chi connectivity index (χ3n) is 7.45. The number of nitrogens with one attached hydrogen (secondary N) is 3. The normalized spacial score (nSPS) is 22.1. The van der Waals surface area contributed by atoms with Crippen molar-refractivity contribution in [2.24, 2.45) is 5.92 Å². The smallest absolute Gasteiger partial charge is 0.256 e. The van der Waals surface area contributed by atoms with E-state index in [9.17, 15) is 14.4 Å². The van der Waals surface area contributed by atoms with Gasteiger partial charge in [0.2, 0.25) is 11.8 Å². The monoisotopic (exact) mass is 492 g/mol. The molecule has 0 unspecified atom stereocenters. The van der Waals surface area contributed by atoms with E-state index in [4.69, 9.17) is 9.47 Å². The summed E-state index contributed by atoms with van der Waals surface area (Å²) in [6, 6.07) is 10.2. The fourth-order valence-electron chi connectivity index (χ4n) is 5.40. The van der Waals surface area contributed by atoms with Crippen molar-refractivity contribution in [3.05, 3.63) is 42.0 Å². The van der Waals surface area contributed by atoms with Gasteiger partial charge in [0.05, 0.1) is 25.5 Å². The molecule has 0 spiro atoms. The largest absolute Gasteiger partial charge is 0.497 e. The van der Waals surface area contributed by atoms with Crippen molar-refractivity contribution in [2.45, 2.75) is 37.8 Å². The number of amides is 3. The first kappa shape index (κ1) is 24.1. The van der Waals surface area contributed by atoms with Gasteiger partial charge in [0.25, 0.3) is 5.91 Å². The molecule has 0 aromatic heterocycles. The molecule has 9 nitrogen and oxygen atoms in total. The first-order chi connectivity index (χ1) is 17.5. The minimum atomic E-state index is -0.629. The molecule has 0 saturated carbocycles. The quantitative estimate of drug-likeness (QED) is 0.592. The molecule has 3 amide bonds. The SMILES string of the molecule is COc1ccc(-c2ccc3c(c2)C(=O)N2CC[C@H](NC(=O)C4CCNCC4)C[C@H]2C(=O)N3)c(OC)c1. The van der Waals surface area contributed by atoms with Gasteiger partial charge in [-0.1, -0.05) is 6.07 Å². The van der Waals surface area contributed by atoms with Crippen LogP contribution in [0.1, 0.15) is 36.0 Å². The van der Waals surface area contributed by atoms with Gasteiger partial charge in [-0.3, -0.25) is 14.4 Å². The van der Waals surface area contributed by atoms with Crippen molar-refractivity contribution < 1.29 is 23.9 Å². The second kappa shape index (κ2) is 10.2. The Hall–Kier alpha value is -3.59. The van der Waals surface area contributed by atoms with Gasteiger partial charge in [0.1, 0.15) is 17.5 Å². The van der Waals surface area contributed by atoms with Crippen LogP contribution in [0.15, 0.2) is 36.4 Å². The molecule has 3 N–H and O–H groups in total. The van der Waals surface area contributed by atoms with E-state index < -0.39 is 6.04 Å². The highest BCUT2D eigenvalue weighted by Crippen LogP contribution is 2.37. The Morgan fingerprint density at radius 3 is 2.56 bits per heavy atom. The molecular weight excluding hydrogens is 460 g/mol. The van der Waals surface area contributed by atoms with Crippen LogP contribution in [-0.4, -0.2) is 68.6 Å². The van der Waals surface area contributed by atoms with Crippen molar-refractivity contribution in [1.82, 2.24) is 15.5 Å². The number of nitrogens with zero attached hydrogens (tertiary/aromatic N) is 1. The zero-order valence-electron chi connectivity index (χ0n) is 20.6. The molecule has 3 aliphatic rings. The van der Waals surface area contributed by atoms with Crippen molar-refractivity contribution in [3.63, 3.8) is 0 Å². The molecule has 190 valence electrons. The fourth-order valence-corrected chi connectivity index (χ4v) is 5.40. The summed E-state index contributed by atoms with van der Waals surface area (Å²) in [4.78, 5) is 41.2. The van der Waals surface area contributed by atoms with E-state index >= 15 is 0 Å². The number of hydrogen-bond acceptors (Lipinski definition) is 6. The maximum absolute atomic E-state index is 13.6. The molecule has 2 fully saturated rings. The number of fused-ring (bicyclic) bond motifs is 2. The second-order valence-electron chi connectivity index (χ2n) is 9.58. The van der Waals surface area contributed by atoms with Gasteiger partial charge in [0, 0.05) is 30.1 Å². The molecule has 5 rings (SSSR count). The van der Waals surface area contributed by atoms with Gasteiger partial charge in [0.15, 0.2) is 0 Å². The molecule has 2 aromatic carbocycles. The molecule has 3 heterocycles. The molecule has 2 saturated heterocycles. The number of carbonyl (C=O) groups is 3. The van der Waals surface area contributed by atoms with E-state index in [0.29, 0.717) is 42.1 Å². The molecule has 0 bridgehead atoms. The number of methoxy groups -OCH3 is 2. The highest BCUT2D eigenvalue weighted by atomic mass is 16.5. The summed E-state index contributed by atoms with van der Waals surface area (Å²) in [5, 5.41) is 9.36. The number of benzene rings is 2. The lowest BCUT2D eigenvalue weighted by molar-refractivity contribution is -0.128. The summed E-state index contributed by atoms with van der Waals surface area (Å²) in [5.41, 5.74) is 2.56. The number of hydrogen-bond donors (Lipinski definition) is 3. The molecule has 2 atom stereocenters. The Balaban J connectivity index is 1.36. The van der Waals surface area contributed by atoms with Gasteiger partial charge < -0.3 is 30.3 Å². The predicted octanol–water partition coefficient (Wildman–Crippen LogP) is 2.41. The molecule has 2 aromatic rings. The zero-order valence-corrected chi connectivity index (χ0v) is 20.6. The lowest BCUT2D eigenvalue weighted by Gasteiger charge is -2.38. The van der Waals surface area contributed by atoms with Crippen molar-refractivity contribution in [2.75, 3.05) is 39.2 Å². The predicted molar refractivity (Wildman–Crippen MR) is 135 cm³/mol. The average molecular weight is 493 g/mol. The van der Waals surface area contributed by atoms with Crippen LogP contribution in [0.5, 0.6) is 11.5 Å². The Morgan fingerprint density at radius 1 is 1.00 bits per heavy atom. The molecule has 9 heteroatoms. The standard InChI is InChI=1S/C27H32N4O5/c1-35-19-4-5-20(24(15-19)36-2)17-3-6-22-21(13-17)27(34)31-12-9-18(14-23(31)26(33)30-22)29-25(32)16-7-10-28-11-8-16/h3-6,13,15-16,18,23,28H,7-12,14H2,1-2H3,(H,29,32)(H,30,33)/t18-,23-/m0/s1. The van der Waals surface area contributed by atoms with Gasteiger partial charge in [-0.15, -0.1) is 0 Å². The number of ether oxygens (including phenoxy) is 2. The van der Waals surface area contributed by atoms with Gasteiger partial charge in [-0.25, -0.2) is 0 Å². The van der Waals surface area contributed by atoms with E-state index in [1.165, 1.54) is 0 Å². The first-order valence-corrected chi connectivity index (χ1v) is 12.5. The summed E-state index contributed by atoms with van der Waals surface area (Å²) in [6.45, 7) is 2.10. The molecule has 3 aliphatic heterocycles. The fraction of sp³-hybridized carbons (Fsp3) is 0.444. The van der Waals surface area contributed by atoms with E-state index in [1.54, 1.807) is 37.3 Å². The molecule has 36 heavy (non-hydrogen) atoms. The van der Waals surface area contributed by atoms with Crippen LogP contribution in [0, 0.1) is 5.92 Å². The van der Waals surface area contributed by atoms with Crippen LogP contribution >= 0.6 is 0 Å². The highest BCUT2D eigenvalue weighted by Gasteiger charge is 2.40. The van der Waals surface area contributed by atoms with Gasteiger partial charge in [-0.05, 0) is 68.6 Å². The summed E-state index contributed by atoms with van der Waals surface area (Å²) < 4.78 is 10.8. The van der Waals surface area contributed by atoms with E-state index in [0.717, 1.165) is 37.1 Å². The lowest BCUT2D eigenvalue weighted by Crippen LogP contribution is -2.55. The summed E-state index contributed by atoms with van der Waals surface area (Å²) >= 11 is 0. The van der Waals surface area contributed by atoms with Crippen molar-refractivity contribution in [1.29, 1.82) is 0 Å². The summed E-state index contributed by atoms with van der Waals surface area (Å²) in [7, 11) is 3.18. The van der Waals surface area contributed by atoms with Crippen LogP contribution in [0.3, 0.4) is 0 Å². The van der Waals surface area contributed by atoms with E-state index in [-0.39, 0.29) is 29.7 Å². The van der Waals surface area contributed by atoms with Crippen LogP contribution in [0.2, 0.25) is 0 Å². The molecule has 0 radical (unpaired) electrons. The number of carbonyl (C=O) groups excluding carboxylic acids is 3. The third-order valence-corrected chi connectivity index (χ3v) is 7.45. The van der Waals surface area contributed by atoms with Gasteiger partial charge in [-0.2, -0.15) is 0 Å². The van der Waals surface area contributed by atoms with Crippen LogP contribution in [0.4, 0.5) is 5.69 Å². The van der Waals surface area contributed by atoms with Crippen molar-refractivity contribution in [3.8, 4) is 22.6 Å². The molecular formula is C27H32N4O5. The average Bonchev–Trinajstić information content (AvgIpc) is 3.02. The summed E-state index contributed by atoms with van der Waals surface area (Å²) in [6.07, 6.45) is 2.67.